The van der Waals surface area contributed by atoms with E-state index in [-0.39, 0.29) is 12.4 Å². The highest BCUT2D eigenvalue weighted by molar-refractivity contribution is 9.08. The fourth-order valence-electron chi connectivity index (χ4n) is 1.77. The third kappa shape index (κ3) is 3.44. The fraction of sp³-hybridized carbons (Fsp3) is 0.200. The molecule has 0 spiro atoms. The van der Waals surface area contributed by atoms with Crippen molar-refractivity contribution >= 4 is 27.5 Å². The summed E-state index contributed by atoms with van der Waals surface area (Å²) in [5.74, 6) is 0.487. The number of alkyl halides is 1. The van der Waals surface area contributed by atoms with Crippen molar-refractivity contribution in [1.29, 1.82) is 0 Å². The number of halogens is 3. The van der Waals surface area contributed by atoms with Gasteiger partial charge in [0.1, 0.15) is 12.4 Å². The van der Waals surface area contributed by atoms with Gasteiger partial charge < -0.3 is 9.47 Å². The first-order valence-corrected chi connectivity index (χ1v) is 7.44. The maximum absolute atomic E-state index is 14.0. The van der Waals surface area contributed by atoms with Crippen LogP contribution in [0.25, 0.3) is 0 Å². The molecule has 106 valence electrons. The van der Waals surface area contributed by atoms with Crippen LogP contribution in [0, 0.1) is 5.82 Å². The Morgan fingerprint density at radius 1 is 1.15 bits per heavy atom. The molecule has 5 heteroatoms. The van der Waals surface area contributed by atoms with Gasteiger partial charge in [0.15, 0.2) is 11.6 Å². The zero-order valence-corrected chi connectivity index (χ0v) is 13.2. The van der Waals surface area contributed by atoms with E-state index in [1.165, 1.54) is 7.11 Å². The van der Waals surface area contributed by atoms with Crippen LogP contribution in [0.5, 0.6) is 11.5 Å². The zero-order valence-electron chi connectivity index (χ0n) is 10.8. The van der Waals surface area contributed by atoms with Gasteiger partial charge in [-0.2, -0.15) is 0 Å². The average molecular weight is 360 g/mol. The Labute approximate surface area is 130 Å². The van der Waals surface area contributed by atoms with Crippen LogP contribution < -0.4 is 9.47 Å². The maximum Gasteiger partial charge on any atom is 0.171 e. The molecule has 0 saturated heterocycles. The van der Waals surface area contributed by atoms with E-state index in [0.717, 1.165) is 5.56 Å². The largest absolute Gasteiger partial charge is 0.494 e. The molecular formula is C15H13BrClFO2. The first kappa shape index (κ1) is 15.1. The van der Waals surface area contributed by atoms with Crippen LogP contribution in [0.4, 0.5) is 4.39 Å². The standard InChI is InChI=1S/C15H13BrClFO2/c1-19-14-4-2-3-10(15(14)18)9-20-13-6-5-12(17)7-11(13)8-16/h2-7H,8-9H2,1H3. The first-order chi connectivity index (χ1) is 9.65. The van der Waals surface area contributed by atoms with Crippen LogP contribution in [-0.4, -0.2) is 7.11 Å². The van der Waals surface area contributed by atoms with E-state index in [1.807, 2.05) is 6.07 Å². The third-order valence-corrected chi connectivity index (χ3v) is 3.65. The van der Waals surface area contributed by atoms with Crippen molar-refractivity contribution in [3.63, 3.8) is 0 Å². The molecule has 2 aromatic rings. The van der Waals surface area contributed by atoms with Crippen molar-refractivity contribution < 1.29 is 13.9 Å². The molecule has 0 heterocycles. The van der Waals surface area contributed by atoms with E-state index in [1.54, 1.807) is 30.3 Å². The van der Waals surface area contributed by atoms with E-state index in [4.69, 9.17) is 21.1 Å². The Hall–Kier alpha value is -1.26. The first-order valence-electron chi connectivity index (χ1n) is 5.94. The number of hydrogen-bond acceptors (Lipinski definition) is 2. The number of hydrogen-bond donors (Lipinski definition) is 0. The van der Waals surface area contributed by atoms with Crippen LogP contribution in [-0.2, 0) is 11.9 Å². The Kier molecular flexibility index (Phi) is 5.26. The number of methoxy groups -OCH3 is 1. The lowest BCUT2D eigenvalue weighted by molar-refractivity contribution is 0.293. The fourth-order valence-corrected chi connectivity index (χ4v) is 2.41. The Bertz CT molecular complexity index is 604. The van der Waals surface area contributed by atoms with Gasteiger partial charge in [0.25, 0.3) is 0 Å². The molecule has 2 rings (SSSR count). The summed E-state index contributed by atoms with van der Waals surface area (Å²) >= 11 is 9.30. The van der Waals surface area contributed by atoms with E-state index in [0.29, 0.717) is 21.7 Å². The number of benzene rings is 2. The molecule has 0 aliphatic carbocycles. The van der Waals surface area contributed by atoms with Gasteiger partial charge in [-0.1, -0.05) is 39.7 Å². The molecule has 0 aliphatic heterocycles. The smallest absolute Gasteiger partial charge is 0.171 e. The molecule has 2 aromatic carbocycles. The van der Waals surface area contributed by atoms with Crippen molar-refractivity contribution in [1.82, 2.24) is 0 Å². The summed E-state index contributed by atoms with van der Waals surface area (Å²) in [5, 5.41) is 1.25. The van der Waals surface area contributed by atoms with Crippen molar-refractivity contribution in [3.8, 4) is 11.5 Å². The minimum Gasteiger partial charge on any atom is -0.494 e. The van der Waals surface area contributed by atoms with E-state index in [9.17, 15) is 4.39 Å². The highest BCUT2D eigenvalue weighted by Crippen LogP contribution is 2.27. The van der Waals surface area contributed by atoms with Gasteiger partial charge in [0, 0.05) is 21.5 Å². The molecule has 2 nitrogen and oxygen atoms in total. The summed E-state index contributed by atoms with van der Waals surface area (Å²) < 4.78 is 24.6. The molecule has 0 bridgehead atoms. The monoisotopic (exact) mass is 358 g/mol. The van der Waals surface area contributed by atoms with Gasteiger partial charge in [-0.25, -0.2) is 4.39 Å². The van der Waals surface area contributed by atoms with Gasteiger partial charge in [0.2, 0.25) is 0 Å². The topological polar surface area (TPSA) is 18.5 Å². The normalized spacial score (nSPS) is 10.4. The van der Waals surface area contributed by atoms with Crippen molar-refractivity contribution in [3.05, 3.63) is 58.4 Å². The lowest BCUT2D eigenvalue weighted by Crippen LogP contribution is -2.01. The SMILES string of the molecule is COc1cccc(COc2ccc(Cl)cc2CBr)c1F. The van der Waals surface area contributed by atoms with Gasteiger partial charge in [-0.3, -0.25) is 0 Å². The summed E-state index contributed by atoms with van der Waals surface area (Å²) in [5.41, 5.74) is 1.36. The molecule has 0 saturated carbocycles. The van der Waals surface area contributed by atoms with Gasteiger partial charge in [0.05, 0.1) is 7.11 Å². The van der Waals surface area contributed by atoms with Crippen LogP contribution in [0.2, 0.25) is 5.02 Å². The summed E-state index contributed by atoms with van der Waals surface area (Å²) in [7, 11) is 1.44. The summed E-state index contributed by atoms with van der Waals surface area (Å²) in [6.07, 6.45) is 0. The molecule has 0 aromatic heterocycles. The van der Waals surface area contributed by atoms with Gasteiger partial charge in [-0.05, 0) is 24.3 Å². The molecule has 0 aliphatic rings. The predicted octanol–water partition coefficient (Wildman–Crippen LogP) is 4.96. The Morgan fingerprint density at radius 2 is 1.95 bits per heavy atom. The average Bonchev–Trinajstić information content (AvgIpc) is 2.47. The molecule has 0 radical (unpaired) electrons. The second-order valence-electron chi connectivity index (χ2n) is 4.11. The molecule has 0 unspecified atom stereocenters. The predicted molar refractivity (Wildman–Crippen MR) is 81.4 cm³/mol. The molecule has 0 fully saturated rings. The van der Waals surface area contributed by atoms with Crippen molar-refractivity contribution in [2.45, 2.75) is 11.9 Å². The highest BCUT2D eigenvalue weighted by atomic mass is 79.9. The molecular weight excluding hydrogens is 347 g/mol. The van der Waals surface area contributed by atoms with Crippen LogP contribution >= 0.6 is 27.5 Å². The quantitative estimate of drug-likeness (QED) is 0.702. The maximum atomic E-state index is 14.0. The molecule has 0 amide bonds. The highest BCUT2D eigenvalue weighted by Gasteiger charge is 2.10. The van der Waals surface area contributed by atoms with Crippen LogP contribution in [0.15, 0.2) is 36.4 Å². The molecule has 20 heavy (non-hydrogen) atoms. The van der Waals surface area contributed by atoms with Gasteiger partial charge in [-0.15, -0.1) is 0 Å². The van der Waals surface area contributed by atoms with Crippen LogP contribution in [0.3, 0.4) is 0 Å². The zero-order chi connectivity index (χ0) is 14.5. The Morgan fingerprint density at radius 3 is 2.65 bits per heavy atom. The molecule has 0 atom stereocenters. The summed E-state index contributed by atoms with van der Waals surface area (Å²) in [6.45, 7) is 0.130. The number of rotatable bonds is 5. The van der Waals surface area contributed by atoms with Gasteiger partial charge >= 0.3 is 0 Å². The third-order valence-electron chi connectivity index (χ3n) is 2.81. The lowest BCUT2D eigenvalue weighted by atomic mass is 10.2. The minimum atomic E-state index is -0.399. The lowest BCUT2D eigenvalue weighted by Gasteiger charge is -2.12. The van der Waals surface area contributed by atoms with E-state index in [2.05, 4.69) is 15.9 Å². The van der Waals surface area contributed by atoms with Crippen LogP contribution in [0.1, 0.15) is 11.1 Å². The minimum absolute atomic E-state index is 0.130. The van der Waals surface area contributed by atoms with E-state index >= 15 is 0 Å². The van der Waals surface area contributed by atoms with Crippen molar-refractivity contribution in [2.75, 3.05) is 7.11 Å². The summed E-state index contributed by atoms with van der Waals surface area (Å²) in [6, 6.07) is 10.3. The second-order valence-corrected chi connectivity index (χ2v) is 5.10. The molecule has 0 N–H and O–H groups in total. The van der Waals surface area contributed by atoms with Crippen molar-refractivity contribution in [2.24, 2.45) is 0 Å². The number of ether oxygens (including phenoxy) is 2. The Balaban J connectivity index is 2.17. The summed E-state index contributed by atoms with van der Waals surface area (Å²) in [4.78, 5) is 0. The second kappa shape index (κ2) is 6.95. The van der Waals surface area contributed by atoms with E-state index < -0.39 is 5.82 Å².